The van der Waals surface area contributed by atoms with Crippen LogP contribution in [-0.2, 0) is 0 Å². The van der Waals surface area contributed by atoms with Crippen molar-refractivity contribution >= 4 is 15.9 Å². The van der Waals surface area contributed by atoms with E-state index < -0.39 is 6.04 Å². The molecule has 1 atom stereocenters. The lowest BCUT2D eigenvalue weighted by atomic mass is 9.95. The summed E-state index contributed by atoms with van der Waals surface area (Å²) < 4.78 is 19.6. The van der Waals surface area contributed by atoms with Gasteiger partial charge in [0, 0.05) is 11.1 Å². The fraction of sp³-hybridized carbons (Fsp3) is 0.231. The normalized spacial score (nSPS) is 12.8. The monoisotopic (exact) mass is 297 g/mol. The molecule has 1 aromatic heterocycles. The molecule has 90 valence electrons. The van der Waals surface area contributed by atoms with Crippen molar-refractivity contribution in [3.8, 4) is 0 Å². The van der Waals surface area contributed by atoms with Crippen LogP contribution in [0.25, 0.3) is 0 Å². The zero-order valence-electron chi connectivity index (χ0n) is 9.63. The van der Waals surface area contributed by atoms with E-state index >= 15 is 0 Å². The molecule has 0 spiro atoms. The smallest absolute Gasteiger partial charge is 0.174 e. The molecule has 2 rings (SSSR count). The summed E-state index contributed by atoms with van der Waals surface area (Å²) in [6.07, 6.45) is 1.53. The molecule has 0 amide bonds. The highest BCUT2D eigenvalue weighted by Crippen LogP contribution is 2.31. The summed E-state index contributed by atoms with van der Waals surface area (Å²) >= 11 is 3.26. The first-order valence-corrected chi connectivity index (χ1v) is 6.05. The molecule has 2 aromatic rings. The molecular formula is C13H13BrFNO. The van der Waals surface area contributed by atoms with Gasteiger partial charge in [-0.25, -0.2) is 4.39 Å². The molecule has 0 aliphatic heterocycles. The molecule has 0 saturated heterocycles. The minimum atomic E-state index is -0.524. The summed E-state index contributed by atoms with van der Waals surface area (Å²) in [6.45, 7) is 3.72. The van der Waals surface area contributed by atoms with Crippen molar-refractivity contribution in [2.24, 2.45) is 5.73 Å². The number of aryl methyl sites for hydroxylation is 2. The number of hydrogen-bond acceptors (Lipinski definition) is 2. The lowest BCUT2D eigenvalue weighted by Gasteiger charge is -2.15. The molecule has 1 unspecified atom stereocenters. The van der Waals surface area contributed by atoms with Crippen LogP contribution in [0, 0.1) is 19.7 Å². The Kier molecular flexibility index (Phi) is 3.35. The molecule has 1 heterocycles. The van der Waals surface area contributed by atoms with Crippen molar-refractivity contribution in [3.63, 3.8) is 0 Å². The fourth-order valence-corrected chi connectivity index (χ4v) is 2.49. The Labute approximate surface area is 108 Å². The SMILES string of the molecule is Cc1cc(C)c(C(N)c2ccoc2Br)c(F)c1. The zero-order chi connectivity index (χ0) is 12.6. The van der Waals surface area contributed by atoms with E-state index in [4.69, 9.17) is 10.2 Å². The van der Waals surface area contributed by atoms with Gasteiger partial charge in [0.15, 0.2) is 4.67 Å². The predicted octanol–water partition coefficient (Wildman–Crippen LogP) is 3.85. The van der Waals surface area contributed by atoms with Crippen LogP contribution in [0.2, 0.25) is 0 Å². The lowest BCUT2D eigenvalue weighted by molar-refractivity contribution is 0.532. The maximum absolute atomic E-state index is 14.0. The van der Waals surface area contributed by atoms with Crippen LogP contribution < -0.4 is 5.73 Å². The second-order valence-electron chi connectivity index (χ2n) is 4.10. The van der Waals surface area contributed by atoms with Gasteiger partial charge in [-0.15, -0.1) is 0 Å². The van der Waals surface area contributed by atoms with Gasteiger partial charge < -0.3 is 10.2 Å². The van der Waals surface area contributed by atoms with Crippen molar-refractivity contribution in [2.45, 2.75) is 19.9 Å². The summed E-state index contributed by atoms with van der Waals surface area (Å²) in [6, 6.07) is 4.64. The summed E-state index contributed by atoms with van der Waals surface area (Å²) in [5, 5.41) is 0. The van der Waals surface area contributed by atoms with Crippen molar-refractivity contribution in [3.05, 3.63) is 57.2 Å². The Balaban J connectivity index is 2.51. The van der Waals surface area contributed by atoms with Crippen LogP contribution in [0.4, 0.5) is 4.39 Å². The first kappa shape index (κ1) is 12.3. The fourth-order valence-electron chi connectivity index (χ4n) is 2.00. The van der Waals surface area contributed by atoms with Crippen LogP contribution >= 0.6 is 15.9 Å². The first-order valence-electron chi connectivity index (χ1n) is 5.26. The Morgan fingerprint density at radius 3 is 2.59 bits per heavy atom. The highest BCUT2D eigenvalue weighted by molar-refractivity contribution is 9.10. The summed E-state index contributed by atoms with van der Waals surface area (Å²) in [5.74, 6) is -0.275. The Morgan fingerprint density at radius 1 is 1.35 bits per heavy atom. The molecule has 0 bridgehead atoms. The van der Waals surface area contributed by atoms with Crippen LogP contribution in [0.1, 0.15) is 28.3 Å². The number of nitrogens with two attached hydrogens (primary N) is 1. The predicted molar refractivity (Wildman–Crippen MR) is 68.3 cm³/mol. The van der Waals surface area contributed by atoms with E-state index in [9.17, 15) is 4.39 Å². The van der Waals surface area contributed by atoms with E-state index in [1.807, 2.05) is 19.9 Å². The third-order valence-corrected chi connectivity index (χ3v) is 3.42. The second-order valence-corrected chi connectivity index (χ2v) is 4.82. The number of hydrogen-bond donors (Lipinski definition) is 1. The third kappa shape index (κ3) is 2.28. The number of benzene rings is 1. The molecule has 1 aromatic carbocycles. The lowest BCUT2D eigenvalue weighted by Crippen LogP contribution is -2.15. The van der Waals surface area contributed by atoms with Crippen LogP contribution in [0.3, 0.4) is 0 Å². The Bertz CT molecular complexity index is 527. The topological polar surface area (TPSA) is 39.2 Å². The molecule has 4 heteroatoms. The average molecular weight is 298 g/mol. The third-order valence-electron chi connectivity index (χ3n) is 2.77. The van der Waals surface area contributed by atoms with Crippen LogP contribution in [0.15, 0.2) is 33.5 Å². The maximum atomic E-state index is 14.0. The standard InChI is InChI=1S/C13H13BrFNO/c1-7-5-8(2)11(10(15)6-7)12(16)9-3-4-17-13(9)14/h3-6,12H,16H2,1-2H3. The van der Waals surface area contributed by atoms with Gasteiger partial charge in [-0.1, -0.05) is 6.07 Å². The van der Waals surface area contributed by atoms with E-state index in [1.54, 1.807) is 6.07 Å². The summed E-state index contributed by atoms with van der Waals surface area (Å²) in [5.41, 5.74) is 9.08. The van der Waals surface area contributed by atoms with Gasteiger partial charge in [0.2, 0.25) is 0 Å². The van der Waals surface area contributed by atoms with Gasteiger partial charge in [0.25, 0.3) is 0 Å². The van der Waals surface area contributed by atoms with E-state index in [0.717, 1.165) is 16.7 Å². The highest BCUT2D eigenvalue weighted by Gasteiger charge is 2.20. The summed E-state index contributed by atoms with van der Waals surface area (Å²) in [4.78, 5) is 0. The minimum Gasteiger partial charge on any atom is -0.457 e. The molecule has 0 radical (unpaired) electrons. The van der Waals surface area contributed by atoms with Crippen molar-refractivity contribution in [1.82, 2.24) is 0 Å². The largest absolute Gasteiger partial charge is 0.457 e. The van der Waals surface area contributed by atoms with Crippen molar-refractivity contribution < 1.29 is 8.81 Å². The number of halogens is 2. The highest BCUT2D eigenvalue weighted by atomic mass is 79.9. The van der Waals surface area contributed by atoms with E-state index in [1.165, 1.54) is 12.3 Å². The molecule has 0 aliphatic rings. The Hall–Kier alpha value is -1.13. The van der Waals surface area contributed by atoms with Gasteiger partial charge in [-0.3, -0.25) is 0 Å². The average Bonchev–Trinajstić information content (AvgIpc) is 2.62. The maximum Gasteiger partial charge on any atom is 0.174 e. The molecule has 2 nitrogen and oxygen atoms in total. The summed E-state index contributed by atoms with van der Waals surface area (Å²) in [7, 11) is 0. The van der Waals surface area contributed by atoms with Crippen LogP contribution in [0.5, 0.6) is 0 Å². The van der Waals surface area contributed by atoms with E-state index in [2.05, 4.69) is 15.9 Å². The quantitative estimate of drug-likeness (QED) is 0.914. The minimum absolute atomic E-state index is 0.275. The van der Waals surface area contributed by atoms with Crippen molar-refractivity contribution in [2.75, 3.05) is 0 Å². The van der Waals surface area contributed by atoms with Gasteiger partial charge in [0.05, 0.1) is 12.3 Å². The second kappa shape index (κ2) is 4.63. The molecule has 0 saturated carbocycles. The molecule has 0 aliphatic carbocycles. The zero-order valence-corrected chi connectivity index (χ0v) is 11.2. The molecule has 0 fully saturated rings. The van der Waals surface area contributed by atoms with E-state index in [0.29, 0.717) is 10.2 Å². The number of rotatable bonds is 2. The van der Waals surface area contributed by atoms with Gasteiger partial charge in [-0.05, 0) is 53.0 Å². The van der Waals surface area contributed by atoms with E-state index in [-0.39, 0.29) is 5.82 Å². The first-order chi connectivity index (χ1) is 8.00. The number of furan rings is 1. The molecule has 17 heavy (non-hydrogen) atoms. The van der Waals surface area contributed by atoms with Gasteiger partial charge in [0.1, 0.15) is 5.82 Å². The van der Waals surface area contributed by atoms with Crippen LogP contribution in [-0.4, -0.2) is 0 Å². The van der Waals surface area contributed by atoms with Gasteiger partial charge in [-0.2, -0.15) is 0 Å². The Morgan fingerprint density at radius 2 is 2.06 bits per heavy atom. The van der Waals surface area contributed by atoms with Gasteiger partial charge >= 0.3 is 0 Å². The molecule has 2 N–H and O–H groups in total. The molecular weight excluding hydrogens is 285 g/mol. The van der Waals surface area contributed by atoms with Crippen molar-refractivity contribution in [1.29, 1.82) is 0 Å².